The number of amides is 1. The molecule has 0 atom stereocenters. The Morgan fingerprint density at radius 1 is 0.892 bits per heavy atom. The van der Waals surface area contributed by atoms with Gasteiger partial charge in [-0.1, -0.05) is 66.2 Å². The van der Waals surface area contributed by atoms with Crippen molar-refractivity contribution in [3.05, 3.63) is 128 Å². The predicted molar refractivity (Wildman–Crippen MR) is 160 cm³/mol. The minimum absolute atomic E-state index is 0.113. The van der Waals surface area contributed by atoms with Gasteiger partial charge in [0.05, 0.1) is 25.2 Å². The number of rotatable bonds is 6. The number of halogens is 2. The Kier molecular flexibility index (Phi) is 7.93. The lowest BCUT2D eigenvalue weighted by atomic mass is 10.1. The van der Waals surface area contributed by atoms with Crippen molar-refractivity contribution in [2.75, 3.05) is 4.90 Å². The van der Waals surface area contributed by atoms with Crippen molar-refractivity contribution in [1.29, 1.82) is 0 Å². The highest BCUT2D eigenvalue weighted by Gasteiger charge is 2.34. The average molecular weight is 634 g/mol. The third-order valence-corrected chi connectivity index (χ3v) is 7.77. The molecule has 0 bridgehead atoms. The maximum atomic E-state index is 13.5. The van der Waals surface area contributed by atoms with Gasteiger partial charge in [-0.25, -0.2) is 4.99 Å². The topological polar surface area (TPSA) is 41.9 Å². The van der Waals surface area contributed by atoms with Crippen LogP contribution >= 0.6 is 43.6 Å². The summed E-state index contributed by atoms with van der Waals surface area (Å²) in [5.41, 5.74) is 4.74. The molecule has 1 aliphatic heterocycles. The van der Waals surface area contributed by atoms with E-state index in [0.29, 0.717) is 22.4 Å². The maximum absolute atomic E-state index is 13.5. The molecule has 4 aromatic rings. The molecule has 1 fully saturated rings. The first-order chi connectivity index (χ1) is 18.0. The first-order valence-electron chi connectivity index (χ1n) is 11.6. The Morgan fingerprint density at radius 2 is 1.51 bits per heavy atom. The van der Waals surface area contributed by atoms with E-state index in [1.165, 1.54) is 17.3 Å². The van der Waals surface area contributed by atoms with Crippen molar-refractivity contribution in [2.24, 2.45) is 4.99 Å². The summed E-state index contributed by atoms with van der Waals surface area (Å²) in [5, 5.41) is 0.616. The molecule has 0 unspecified atom stereocenters. The number of aliphatic imine (C=N–C) groups is 1. The van der Waals surface area contributed by atoms with Gasteiger partial charge in [0.2, 0.25) is 0 Å². The van der Waals surface area contributed by atoms with Gasteiger partial charge in [0, 0.05) is 0 Å². The molecule has 1 saturated heterocycles. The van der Waals surface area contributed by atoms with E-state index in [2.05, 4.69) is 63.0 Å². The van der Waals surface area contributed by atoms with Crippen molar-refractivity contribution < 1.29 is 9.53 Å². The third kappa shape index (κ3) is 6.06. The zero-order valence-electron chi connectivity index (χ0n) is 19.9. The van der Waals surface area contributed by atoms with Gasteiger partial charge in [0.15, 0.2) is 5.17 Å². The van der Waals surface area contributed by atoms with Crippen molar-refractivity contribution in [2.45, 2.75) is 13.5 Å². The second-order valence-corrected chi connectivity index (χ2v) is 11.1. The lowest BCUT2D eigenvalue weighted by molar-refractivity contribution is -0.113. The van der Waals surface area contributed by atoms with Gasteiger partial charge in [0.1, 0.15) is 12.4 Å². The number of ether oxygens (including phenoxy) is 1. The number of benzene rings is 4. The summed E-state index contributed by atoms with van der Waals surface area (Å²) in [7, 11) is 0. The van der Waals surface area contributed by atoms with Gasteiger partial charge in [-0.05, 0) is 104 Å². The highest BCUT2D eigenvalue weighted by molar-refractivity contribution is 9.11. The van der Waals surface area contributed by atoms with Gasteiger partial charge >= 0.3 is 0 Å². The first-order valence-corrected chi connectivity index (χ1v) is 14.0. The van der Waals surface area contributed by atoms with Crippen LogP contribution in [0.3, 0.4) is 0 Å². The van der Waals surface area contributed by atoms with Crippen LogP contribution in [0.4, 0.5) is 11.4 Å². The van der Waals surface area contributed by atoms with Crippen LogP contribution in [0.5, 0.6) is 5.75 Å². The highest BCUT2D eigenvalue weighted by atomic mass is 79.9. The fraction of sp³-hybridized carbons (Fsp3) is 0.0667. The van der Waals surface area contributed by atoms with Crippen molar-refractivity contribution >= 4 is 72.1 Å². The van der Waals surface area contributed by atoms with E-state index < -0.39 is 0 Å². The molecular formula is C30H22Br2N2O2S. The quantitative estimate of drug-likeness (QED) is 0.199. The molecule has 5 rings (SSSR count). The summed E-state index contributed by atoms with van der Waals surface area (Å²) in [5.74, 6) is 0.600. The molecule has 4 aromatic carbocycles. The van der Waals surface area contributed by atoms with E-state index in [4.69, 9.17) is 9.73 Å². The van der Waals surface area contributed by atoms with Crippen LogP contribution in [0.25, 0.3) is 6.08 Å². The van der Waals surface area contributed by atoms with Crippen LogP contribution < -0.4 is 9.64 Å². The highest BCUT2D eigenvalue weighted by Crippen LogP contribution is 2.40. The average Bonchev–Trinajstić information content (AvgIpc) is 3.19. The fourth-order valence-corrected chi connectivity index (χ4v) is 6.21. The van der Waals surface area contributed by atoms with E-state index in [9.17, 15) is 4.79 Å². The normalized spacial score (nSPS) is 15.5. The Labute approximate surface area is 237 Å². The Morgan fingerprint density at radius 3 is 2.16 bits per heavy atom. The SMILES string of the molecule is Cc1ccc(COc2c(Br)cc(/C=C3/SC(=Nc4ccccc4)N(c4ccccc4)C3=O)cc2Br)cc1. The monoisotopic (exact) mass is 632 g/mol. The Bertz CT molecular complexity index is 1460. The van der Waals surface area contributed by atoms with Gasteiger partial charge in [0.25, 0.3) is 5.91 Å². The molecule has 0 aliphatic carbocycles. The standard InChI is InChI=1S/C30H22Br2N2O2S/c1-20-12-14-21(15-13-20)19-36-28-25(31)16-22(17-26(28)32)18-27-29(35)34(24-10-6-3-7-11-24)30(37-27)33-23-8-4-2-5-9-23/h2-18H,19H2,1H3/b27-18+,33-30?. The number of aryl methyl sites for hydroxylation is 1. The van der Waals surface area contributed by atoms with Crippen LogP contribution in [-0.2, 0) is 11.4 Å². The third-order valence-electron chi connectivity index (χ3n) is 5.62. The summed E-state index contributed by atoms with van der Waals surface area (Å²) >= 11 is 8.65. The summed E-state index contributed by atoms with van der Waals surface area (Å²) in [6.45, 7) is 2.52. The summed E-state index contributed by atoms with van der Waals surface area (Å²) in [4.78, 5) is 20.6. The van der Waals surface area contributed by atoms with Crippen LogP contribution in [0.1, 0.15) is 16.7 Å². The number of hydrogen-bond acceptors (Lipinski definition) is 4. The predicted octanol–water partition coefficient (Wildman–Crippen LogP) is 8.91. The molecule has 1 aliphatic rings. The van der Waals surface area contributed by atoms with E-state index in [1.807, 2.05) is 78.9 Å². The number of anilines is 1. The summed E-state index contributed by atoms with van der Waals surface area (Å²) in [6.07, 6.45) is 1.88. The van der Waals surface area contributed by atoms with Crippen LogP contribution in [0.2, 0.25) is 0 Å². The molecule has 0 aromatic heterocycles. The number of carbonyl (C=O) groups is 1. The molecular weight excluding hydrogens is 612 g/mol. The van der Waals surface area contributed by atoms with Gasteiger partial charge in [-0.15, -0.1) is 0 Å². The molecule has 184 valence electrons. The van der Waals surface area contributed by atoms with E-state index in [-0.39, 0.29) is 5.91 Å². The van der Waals surface area contributed by atoms with Gasteiger partial charge in [-0.3, -0.25) is 9.69 Å². The number of hydrogen-bond donors (Lipinski definition) is 0. The molecule has 0 saturated carbocycles. The zero-order valence-corrected chi connectivity index (χ0v) is 23.9. The van der Waals surface area contributed by atoms with Crippen LogP contribution in [0, 0.1) is 6.92 Å². The van der Waals surface area contributed by atoms with E-state index >= 15 is 0 Å². The molecule has 0 spiro atoms. The zero-order chi connectivity index (χ0) is 25.8. The lowest BCUT2D eigenvalue weighted by Crippen LogP contribution is -2.28. The smallest absolute Gasteiger partial charge is 0.271 e. The molecule has 7 heteroatoms. The second kappa shape index (κ2) is 11.5. The van der Waals surface area contributed by atoms with Gasteiger partial charge in [-0.2, -0.15) is 0 Å². The first kappa shape index (κ1) is 25.5. The lowest BCUT2D eigenvalue weighted by Gasteiger charge is -2.15. The second-order valence-electron chi connectivity index (χ2n) is 8.40. The summed E-state index contributed by atoms with van der Waals surface area (Å²) < 4.78 is 7.68. The number of amidine groups is 1. The Balaban J connectivity index is 1.43. The maximum Gasteiger partial charge on any atom is 0.271 e. The fourth-order valence-electron chi connectivity index (χ4n) is 3.76. The summed E-state index contributed by atoms with van der Waals surface area (Å²) in [6, 6.07) is 31.4. The van der Waals surface area contributed by atoms with Crippen molar-refractivity contribution in [3.8, 4) is 5.75 Å². The molecule has 0 radical (unpaired) electrons. The molecule has 0 N–H and O–H groups in total. The molecule has 1 amide bonds. The van der Waals surface area contributed by atoms with E-state index in [1.54, 1.807) is 4.90 Å². The van der Waals surface area contributed by atoms with Crippen LogP contribution in [0.15, 0.2) is 116 Å². The number of nitrogens with zero attached hydrogens (tertiary/aromatic N) is 2. The minimum Gasteiger partial charge on any atom is -0.487 e. The Hall–Kier alpha value is -3.13. The minimum atomic E-state index is -0.113. The number of carbonyl (C=O) groups excluding carboxylic acids is 1. The largest absolute Gasteiger partial charge is 0.487 e. The van der Waals surface area contributed by atoms with Crippen LogP contribution in [-0.4, -0.2) is 11.1 Å². The number of thioether (sulfide) groups is 1. The van der Waals surface area contributed by atoms with Crippen molar-refractivity contribution in [3.63, 3.8) is 0 Å². The molecule has 1 heterocycles. The van der Waals surface area contributed by atoms with Gasteiger partial charge < -0.3 is 4.74 Å². The van der Waals surface area contributed by atoms with Crippen molar-refractivity contribution in [1.82, 2.24) is 0 Å². The van der Waals surface area contributed by atoms with E-state index in [0.717, 1.165) is 31.4 Å². The number of para-hydroxylation sites is 2. The molecule has 37 heavy (non-hydrogen) atoms. The molecule has 4 nitrogen and oxygen atoms in total.